The van der Waals surface area contributed by atoms with Crippen molar-refractivity contribution in [3.63, 3.8) is 0 Å². The first-order valence-corrected chi connectivity index (χ1v) is 6.67. The Morgan fingerprint density at radius 1 is 1.50 bits per heavy atom. The van der Waals surface area contributed by atoms with Gasteiger partial charge in [-0.15, -0.1) is 0 Å². The summed E-state index contributed by atoms with van der Waals surface area (Å²) in [6.07, 6.45) is 3.66. The zero-order valence-corrected chi connectivity index (χ0v) is 11.3. The molecule has 0 bridgehead atoms. The molecule has 2 rings (SSSR count). The molecule has 0 spiro atoms. The van der Waals surface area contributed by atoms with Gasteiger partial charge in [-0.2, -0.15) is 4.98 Å². The molecule has 4 nitrogen and oxygen atoms in total. The van der Waals surface area contributed by atoms with E-state index >= 15 is 0 Å². The van der Waals surface area contributed by atoms with E-state index in [1.165, 1.54) is 25.9 Å². The second-order valence-electron chi connectivity index (χ2n) is 4.83. The lowest BCUT2D eigenvalue weighted by Gasteiger charge is -2.20. The molecule has 0 saturated carbocycles. The number of nitrogens with zero attached hydrogens (tertiary/aromatic N) is 3. The van der Waals surface area contributed by atoms with Crippen molar-refractivity contribution in [1.29, 1.82) is 0 Å². The van der Waals surface area contributed by atoms with Crippen molar-refractivity contribution in [3.05, 3.63) is 17.3 Å². The highest BCUT2D eigenvalue weighted by atomic mass is 35.5. The fourth-order valence-electron chi connectivity index (χ4n) is 2.21. The smallest absolute Gasteiger partial charge is 0.224 e. The van der Waals surface area contributed by atoms with Gasteiger partial charge in [0, 0.05) is 13.1 Å². The number of hydrogen-bond donors (Lipinski definition) is 1. The number of anilines is 1. The van der Waals surface area contributed by atoms with Crippen LogP contribution in [0, 0.1) is 11.7 Å². The minimum atomic E-state index is -0.465. The Balaban J connectivity index is 1.81. The topological polar surface area (TPSA) is 41.1 Å². The predicted octanol–water partition coefficient (Wildman–Crippen LogP) is 2.41. The van der Waals surface area contributed by atoms with Gasteiger partial charge in [0.2, 0.25) is 5.28 Å². The maximum Gasteiger partial charge on any atom is 0.224 e. The standard InChI is InChI=1S/C12H18ClFN4/c1-9(8-18-4-2-3-5-18)6-15-11-10(14)7-16-12(13)17-11/h7,9H,2-6,8H2,1H3,(H,15,16,17). The summed E-state index contributed by atoms with van der Waals surface area (Å²) in [6.45, 7) is 6.22. The Morgan fingerprint density at radius 3 is 2.94 bits per heavy atom. The van der Waals surface area contributed by atoms with Crippen LogP contribution >= 0.6 is 11.6 Å². The molecule has 2 heterocycles. The van der Waals surface area contributed by atoms with Gasteiger partial charge in [-0.1, -0.05) is 6.92 Å². The first-order valence-electron chi connectivity index (χ1n) is 6.29. The molecule has 1 aliphatic heterocycles. The van der Waals surface area contributed by atoms with E-state index in [2.05, 4.69) is 27.1 Å². The van der Waals surface area contributed by atoms with Crippen LogP contribution in [0.15, 0.2) is 6.20 Å². The molecule has 1 N–H and O–H groups in total. The van der Waals surface area contributed by atoms with Crippen LogP contribution in [0.5, 0.6) is 0 Å². The third-order valence-corrected chi connectivity index (χ3v) is 3.28. The molecule has 0 amide bonds. The summed E-state index contributed by atoms with van der Waals surface area (Å²) in [5.74, 6) is 0.160. The van der Waals surface area contributed by atoms with Gasteiger partial charge in [0.1, 0.15) is 0 Å². The van der Waals surface area contributed by atoms with Crippen molar-refractivity contribution in [2.24, 2.45) is 5.92 Å². The molecular weight excluding hydrogens is 255 g/mol. The Bertz CT molecular complexity index is 396. The zero-order chi connectivity index (χ0) is 13.0. The van der Waals surface area contributed by atoms with Crippen LogP contribution in [0.25, 0.3) is 0 Å². The van der Waals surface area contributed by atoms with Crippen molar-refractivity contribution >= 4 is 17.4 Å². The SMILES string of the molecule is CC(CNc1nc(Cl)ncc1F)CN1CCCC1. The lowest BCUT2D eigenvalue weighted by atomic mass is 10.1. The quantitative estimate of drug-likeness (QED) is 0.836. The fourth-order valence-corrected chi connectivity index (χ4v) is 2.34. The number of hydrogen-bond acceptors (Lipinski definition) is 4. The monoisotopic (exact) mass is 272 g/mol. The summed E-state index contributed by atoms with van der Waals surface area (Å²) in [7, 11) is 0. The van der Waals surface area contributed by atoms with E-state index in [-0.39, 0.29) is 11.1 Å². The molecule has 1 atom stereocenters. The van der Waals surface area contributed by atoms with Gasteiger partial charge < -0.3 is 10.2 Å². The molecule has 0 aromatic carbocycles. The van der Waals surface area contributed by atoms with Gasteiger partial charge in [-0.3, -0.25) is 0 Å². The van der Waals surface area contributed by atoms with E-state index in [1.807, 2.05) is 0 Å². The molecule has 1 aliphatic rings. The lowest BCUT2D eigenvalue weighted by Crippen LogP contribution is -2.29. The molecule has 18 heavy (non-hydrogen) atoms. The molecule has 1 saturated heterocycles. The van der Waals surface area contributed by atoms with Crippen LogP contribution in [0.4, 0.5) is 10.2 Å². The van der Waals surface area contributed by atoms with E-state index in [4.69, 9.17) is 11.6 Å². The van der Waals surface area contributed by atoms with Crippen LogP contribution in [-0.2, 0) is 0 Å². The van der Waals surface area contributed by atoms with Gasteiger partial charge in [0.25, 0.3) is 0 Å². The predicted molar refractivity (Wildman–Crippen MR) is 70.3 cm³/mol. The van der Waals surface area contributed by atoms with E-state index < -0.39 is 5.82 Å². The Morgan fingerprint density at radius 2 is 2.22 bits per heavy atom. The molecular formula is C12H18ClFN4. The molecule has 100 valence electrons. The molecule has 1 aromatic rings. The van der Waals surface area contributed by atoms with Gasteiger partial charge in [-0.25, -0.2) is 9.37 Å². The van der Waals surface area contributed by atoms with Crippen molar-refractivity contribution in [2.75, 3.05) is 31.5 Å². The summed E-state index contributed by atoms with van der Waals surface area (Å²) < 4.78 is 13.4. The largest absolute Gasteiger partial charge is 0.367 e. The van der Waals surface area contributed by atoms with E-state index in [0.717, 1.165) is 12.7 Å². The van der Waals surface area contributed by atoms with Crippen LogP contribution < -0.4 is 5.32 Å². The van der Waals surface area contributed by atoms with Crippen molar-refractivity contribution in [2.45, 2.75) is 19.8 Å². The van der Waals surface area contributed by atoms with Crippen LogP contribution in [0.1, 0.15) is 19.8 Å². The van der Waals surface area contributed by atoms with Gasteiger partial charge >= 0.3 is 0 Å². The Labute approximate surface area is 112 Å². The average Bonchev–Trinajstić information content (AvgIpc) is 2.83. The average molecular weight is 273 g/mol. The lowest BCUT2D eigenvalue weighted by molar-refractivity contribution is 0.294. The highest BCUT2D eigenvalue weighted by Crippen LogP contribution is 2.14. The summed E-state index contributed by atoms with van der Waals surface area (Å²) in [6, 6.07) is 0. The van der Waals surface area contributed by atoms with Gasteiger partial charge in [0.15, 0.2) is 11.6 Å². The molecule has 1 aromatic heterocycles. The molecule has 0 aliphatic carbocycles. The van der Waals surface area contributed by atoms with Crippen LogP contribution in [0.3, 0.4) is 0 Å². The minimum absolute atomic E-state index is 0.0612. The summed E-state index contributed by atoms with van der Waals surface area (Å²) in [5.41, 5.74) is 0. The molecule has 0 radical (unpaired) electrons. The van der Waals surface area contributed by atoms with E-state index in [9.17, 15) is 4.39 Å². The summed E-state index contributed by atoms with van der Waals surface area (Å²) in [5, 5.41) is 3.05. The third kappa shape index (κ3) is 3.78. The molecule has 6 heteroatoms. The number of nitrogens with one attached hydrogen (secondary N) is 1. The minimum Gasteiger partial charge on any atom is -0.367 e. The maximum absolute atomic E-state index is 13.4. The number of rotatable bonds is 5. The molecule has 1 unspecified atom stereocenters. The van der Waals surface area contributed by atoms with Crippen molar-refractivity contribution in [1.82, 2.24) is 14.9 Å². The fraction of sp³-hybridized carbons (Fsp3) is 0.667. The van der Waals surface area contributed by atoms with Crippen molar-refractivity contribution < 1.29 is 4.39 Å². The highest BCUT2D eigenvalue weighted by Gasteiger charge is 2.15. The van der Waals surface area contributed by atoms with E-state index in [0.29, 0.717) is 12.5 Å². The highest BCUT2D eigenvalue weighted by molar-refractivity contribution is 6.28. The maximum atomic E-state index is 13.4. The zero-order valence-electron chi connectivity index (χ0n) is 10.5. The normalized spacial score (nSPS) is 17.9. The second kappa shape index (κ2) is 6.29. The second-order valence-corrected chi connectivity index (χ2v) is 5.17. The third-order valence-electron chi connectivity index (χ3n) is 3.10. The van der Waals surface area contributed by atoms with Crippen LogP contribution in [0.2, 0.25) is 5.28 Å². The van der Waals surface area contributed by atoms with Gasteiger partial charge in [0.05, 0.1) is 6.20 Å². The molecule has 1 fully saturated rings. The number of likely N-dealkylation sites (tertiary alicyclic amines) is 1. The van der Waals surface area contributed by atoms with E-state index in [1.54, 1.807) is 0 Å². The Hall–Kier alpha value is -0.940. The first-order chi connectivity index (χ1) is 8.65. The summed E-state index contributed by atoms with van der Waals surface area (Å²) >= 11 is 5.63. The van der Waals surface area contributed by atoms with Crippen LogP contribution in [-0.4, -0.2) is 41.0 Å². The van der Waals surface area contributed by atoms with Gasteiger partial charge in [-0.05, 0) is 43.5 Å². The Kier molecular flexibility index (Phi) is 4.72. The van der Waals surface area contributed by atoms with Crippen molar-refractivity contribution in [3.8, 4) is 0 Å². The first kappa shape index (κ1) is 13.5. The number of halogens is 2. The number of aromatic nitrogens is 2. The summed E-state index contributed by atoms with van der Waals surface area (Å²) in [4.78, 5) is 9.85.